The average Bonchev–Trinajstić information content (AvgIpc) is 3.98. The molecule has 1 saturated heterocycles. The number of anilines is 2. The summed E-state index contributed by atoms with van der Waals surface area (Å²) in [4.78, 5) is 59.8. The van der Waals surface area contributed by atoms with Crippen molar-refractivity contribution in [3.63, 3.8) is 0 Å². The Morgan fingerprint density at radius 2 is 1.49 bits per heavy atom. The van der Waals surface area contributed by atoms with Crippen molar-refractivity contribution < 1.29 is 28.5 Å². The van der Waals surface area contributed by atoms with E-state index in [9.17, 15) is 9.59 Å². The van der Waals surface area contributed by atoms with Crippen LogP contribution in [0.1, 0.15) is 70.3 Å². The lowest BCUT2D eigenvalue weighted by Gasteiger charge is -2.34. The van der Waals surface area contributed by atoms with Crippen molar-refractivity contribution in [2.24, 2.45) is 4.99 Å². The van der Waals surface area contributed by atoms with Gasteiger partial charge in [-0.15, -0.1) is 11.3 Å². The number of ether oxygens (including phenoxy) is 4. The first-order valence-electron chi connectivity index (χ1n) is 28.9. The third-order valence-corrected chi connectivity index (χ3v) is 15.9. The molecule has 0 bridgehead atoms. The minimum atomic E-state index is -0.328. The molecule has 0 spiro atoms. The van der Waals surface area contributed by atoms with Gasteiger partial charge in [0.1, 0.15) is 23.9 Å². The monoisotopic (exact) mass is 1130 g/mol. The third-order valence-electron chi connectivity index (χ3n) is 15.0. The first-order chi connectivity index (χ1) is 41.0. The van der Waals surface area contributed by atoms with E-state index < -0.39 is 0 Å². The number of dihydropyridines is 1. The number of aliphatic imine (C=N–C) groups is 1. The Bertz CT molecular complexity index is 3620. The SMILES string of the molecule is O=C(CCN1CCN(Cc2csc3nc(-c4ccccc4NC(=O)c4cnc5ccccc5n4)cn23)CC1)NCCCCCOCCOCCOCCOCC#Cc1ccc2c(c1)CC(Nc1nc(C3C=CC=NC3)nc3ccccc13)C2. The van der Waals surface area contributed by atoms with Crippen molar-refractivity contribution in [1.29, 1.82) is 0 Å². The molecule has 0 saturated carbocycles. The molecule has 2 amide bonds. The van der Waals surface area contributed by atoms with Crippen molar-refractivity contribution >= 4 is 67.8 Å². The fourth-order valence-electron chi connectivity index (χ4n) is 10.6. The molecule has 1 fully saturated rings. The van der Waals surface area contributed by atoms with Gasteiger partial charge in [0.2, 0.25) is 5.91 Å². The predicted molar refractivity (Wildman–Crippen MR) is 325 cm³/mol. The summed E-state index contributed by atoms with van der Waals surface area (Å²) in [7, 11) is 0. The van der Waals surface area contributed by atoms with Crippen LogP contribution in [0.25, 0.3) is 38.2 Å². The molecule has 2 aliphatic heterocycles. The number of carbonyl (C=O) groups is 2. The number of piperazine rings is 1. The molecule has 83 heavy (non-hydrogen) atoms. The summed E-state index contributed by atoms with van der Waals surface area (Å²) in [5.74, 6) is 7.93. The molecule has 6 heterocycles. The van der Waals surface area contributed by atoms with Crippen LogP contribution in [0.15, 0.2) is 126 Å². The fourth-order valence-corrected chi connectivity index (χ4v) is 11.4. The minimum Gasteiger partial charge on any atom is -0.379 e. The molecule has 4 aromatic heterocycles. The van der Waals surface area contributed by atoms with Crippen LogP contribution in [0.4, 0.5) is 11.5 Å². The third kappa shape index (κ3) is 15.7. The smallest absolute Gasteiger partial charge is 0.275 e. The summed E-state index contributed by atoms with van der Waals surface area (Å²) < 4.78 is 24.9. The first-order valence-corrected chi connectivity index (χ1v) is 29.7. The van der Waals surface area contributed by atoms with Crippen molar-refractivity contribution in [2.75, 3.05) is 109 Å². The number of rotatable bonds is 27. The van der Waals surface area contributed by atoms with Crippen LogP contribution in [0.5, 0.6) is 0 Å². The molecule has 0 radical (unpaired) electrons. The van der Waals surface area contributed by atoms with E-state index in [-0.39, 0.29) is 29.5 Å². The molecular formula is C64H70N12O6S. The molecule has 1 aliphatic carbocycles. The van der Waals surface area contributed by atoms with E-state index in [2.05, 4.69) is 92.7 Å². The summed E-state index contributed by atoms with van der Waals surface area (Å²) >= 11 is 1.61. The molecular weight excluding hydrogens is 1060 g/mol. The number of benzene rings is 4. The van der Waals surface area contributed by atoms with Crippen molar-refractivity contribution in [1.82, 2.24) is 44.4 Å². The second-order valence-corrected chi connectivity index (χ2v) is 21.7. The van der Waals surface area contributed by atoms with Gasteiger partial charge < -0.3 is 39.8 Å². The normalized spacial score (nSPS) is 16.1. The molecule has 18 nitrogen and oxygen atoms in total. The highest BCUT2D eigenvalue weighted by Gasteiger charge is 2.25. The number of unbranched alkanes of at least 4 members (excludes halogenated alkanes) is 2. The first kappa shape index (κ1) is 57.0. The van der Waals surface area contributed by atoms with Gasteiger partial charge in [0.05, 0.1) is 86.2 Å². The lowest BCUT2D eigenvalue weighted by Crippen LogP contribution is -2.46. The summed E-state index contributed by atoms with van der Waals surface area (Å²) in [6.45, 7) is 10.6. The fraction of sp³-hybridized carbons (Fsp3) is 0.375. The lowest BCUT2D eigenvalue weighted by molar-refractivity contribution is -0.121. The Balaban J connectivity index is 0.482. The molecule has 2 unspecified atom stereocenters. The van der Waals surface area contributed by atoms with E-state index in [0.717, 1.165) is 121 Å². The van der Waals surface area contributed by atoms with Crippen molar-refractivity contribution in [3.8, 4) is 23.1 Å². The van der Waals surface area contributed by atoms with Gasteiger partial charge in [-0.2, -0.15) is 0 Å². The number of amides is 2. The van der Waals surface area contributed by atoms with Crippen LogP contribution in [-0.4, -0.2) is 162 Å². The number of hydrogen-bond acceptors (Lipinski definition) is 16. The van der Waals surface area contributed by atoms with Crippen LogP contribution in [0, 0.1) is 11.8 Å². The molecule has 3 N–H and O–H groups in total. The highest BCUT2D eigenvalue weighted by molar-refractivity contribution is 7.15. The van der Waals surface area contributed by atoms with Crippen molar-refractivity contribution in [3.05, 3.63) is 155 Å². The average molecular weight is 1140 g/mol. The van der Waals surface area contributed by atoms with E-state index >= 15 is 0 Å². The van der Waals surface area contributed by atoms with Gasteiger partial charge in [0, 0.05) is 105 Å². The van der Waals surface area contributed by atoms with Crippen LogP contribution in [0.3, 0.4) is 0 Å². The quantitative estimate of drug-likeness (QED) is 0.0328. The lowest BCUT2D eigenvalue weighted by atomic mass is 10.1. The number of para-hydroxylation sites is 4. The number of hydrogen-bond donors (Lipinski definition) is 3. The minimum absolute atomic E-state index is 0.0751. The molecule has 3 aliphatic rings. The maximum absolute atomic E-state index is 13.3. The Morgan fingerprint density at radius 1 is 0.735 bits per heavy atom. The highest BCUT2D eigenvalue weighted by atomic mass is 32.1. The van der Waals surface area contributed by atoms with Crippen LogP contribution < -0.4 is 16.0 Å². The Morgan fingerprint density at radius 3 is 2.34 bits per heavy atom. The number of allylic oxidation sites excluding steroid dienone is 1. The zero-order chi connectivity index (χ0) is 56.4. The van der Waals surface area contributed by atoms with Crippen LogP contribution in [0.2, 0.25) is 0 Å². The Hall–Kier alpha value is -7.80. The van der Waals surface area contributed by atoms with Gasteiger partial charge in [0.15, 0.2) is 4.96 Å². The van der Waals surface area contributed by atoms with Crippen molar-refractivity contribution in [2.45, 2.75) is 57.0 Å². The number of aromatic nitrogens is 6. The van der Waals surface area contributed by atoms with Gasteiger partial charge >= 0.3 is 0 Å². The van der Waals surface area contributed by atoms with E-state index in [0.29, 0.717) is 83.6 Å². The zero-order valence-electron chi connectivity index (χ0n) is 46.7. The largest absolute Gasteiger partial charge is 0.379 e. The van der Waals surface area contributed by atoms with Gasteiger partial charge in [-0.25, -0.2) is 19.9 Å². The second kappa shape index (κ2) is 28.9. The second-order valence-electron chi connectivity index (χ2n) is 20.9. The summed E-state index contributed by atoms with van der Waals surface area (Å²) in [6, 6.07) is 30.1. The number of fused-ring (bicyclic) bond motifs is 4. The molecule has 11 rings (SSSR count). The summed E-state index contributed by atoms with van der Waals surface area (Å²) in [5, 5.41) is 13.1. The molecule has 19 heteroatoms. The van der Waals surface area contributed by atoms with Gasteiger partial charge in [-0.1, -0.05) is 66.4 Å². The van der Waals surface area contributed by atoms with E-state index in [1.807, 2.05) is 85.2 Å². The molecule has 8 aromatic rings. The predicted octanol–water partition coefficient (Wildman–Crippen LogP) is 8.42. The maximum Gasteiger partial charge on any atom is 0.275 e. The van der Waals surface area contributed by atoms with Gasteiger partial charge in [0.25, 0.3) is 5.91 Å². The van der Waals surface area contributed by atoms with Crippen LogP contribution in [-0.2, 0) is 43.1 Å². The summed E-state index contributed by atoms with van der Waals surface area (Å²) in [5.41, 5.74) is 9.67. The highest BCUT2D eigenvalue weighted by Crippen LogP contribution is 2.32. The molecule has 2 atom stereocenters. The Kier molecular flexibility index (Phi) is 19.9. The number of thiazole rings is 1. The number of nitrogens with one attached hydrogen (secondary N) is 3. The Labute approximate surface area is 487 Å². The standard InChI is InChI=1S/C64H70N12O6S/c77-60(22-25-74-26-28-75(29-27-74)43-51-45-83-64-72-59(44-76(51)64)52-14-2-4-16-54(52)71-63(78)58-42-67-56-18-6-7-19-57(56)69-58)66-24-8-1-9-30-79-32-34-81-36-37-82-35-33-80-31-11-12-46-20-21-47-39-50(40-49(47)38-46)68-62-53-15-3-5-17-55(53)70-61(73-62)48-13-10-23-65-41-48/h2-7,10,13-21,23,38,42,44-45,48,50H,1,8-9,22,24-37,39-41,43H2,(H,66,77)(H,71,78)(H,68,70,73). The van der Waals surface area contributed by atoms with E-state index in [1.54, 1.807) is 11.3 Å². The van der Waals surface area contributed by atoms with Crippen LogP contribution >= 0.6 is 11.3 Å². The number of carbonyl (C=O) groups excluding carboxylic acids is 2. The zero-order valence-corrected chi connectivity index (χ0v) is 47.5. The van der Waals surface area contributed by atoms with E-state index in [4.69, 9.17) is 33.9 Å². The molecule has 428 valence electrons. The van der Waals surface area contributed by atoms with Gasteiger partial charge in [-0.05, 0) is 91.8 Å². The van der Waals surface area contributed by atoms with E-state index in [1.165, 1.54) is 23.0 Å². The maximum atomic E-state index is 13.3. The van der Waals surface area contributed by atoms with Gasteiger partial charge in [-0.3, -0.25) is 28.9 Å². The number of nitrogens with zero attached hydrogens (tertiary/aromatic N) is 9. The molecule has 4 aromatic carbocycles. The topological polar surface area (TPSA) is 195 Å². The summed E-state index contributed by atoms with van der Waals surface area (Å²) in [6.07, 6.45) is 14.7. The number of imidazole rings is 1.